The standard InChI is InChI=1S/C15H10F3N5/c16-10-6-7-11(14(18)13(10)17)21-12-8-19-23-15(22-12)20-9-4-2-1-3-5-9/h1-8H,(H2,20,21,22,23). The number of para-hydroxylation sites is 1. The molecule has 116 valence electrons. The Hall–Kier alpha value is -3.16. The highest BCUT2D eigenvalue weighted by Crippen LogP contribution is 2.23. The molecule has 0 amide bonds. The lowest BCUT2D eigenvalue weighted by Crippen LogP contribution is -2.04. The normalized spacial score (nSPS) is 10.4. The molecule has 1 heterocycles. The van der Waals surface area contributed by atoms with E-state index >= 15 is 0 Å². The van der Waals surface area contributed by atoms with Gasteiger partial charge in [-0.15, -0.1) is 5.10 Å². The van der Waals surface area contributed by atoms with Crippen LogP contribution in [0.25, 0.3) is 0 Å². The van der Waals surface area contributed by atoms with Gasteiger partial charge < -0.3 is 10.6 Å². The first kappa shape index (κ1) is 14.8. The van der Waals surface area contributed by atoms with Gasteiger partial charge in [-0.3, -0.25) is 0 Å². The summed E-state index contributed by atoms with van der Waals surface area (Å²) in [6, 6.07) is 11.0. The number of aromatic nitrogens is 3. The van der Waals surface area contributed by atoms with Crippen LogP contribution in [0.1, 0.15) is 0 Å². The van der Waals surface area contributed by atoms with Crippen LogP contribution in [-0.4, -0.2) is 15.2 Å². The van der Waals surface area contributed by atoms with Gasteiger partial charge in [0.2, 0.25) is 5.95 Å². The van der Waals surface area contributed by atoms with Gasteiger partial charge in [-0.25, -0.2) is 13.2 Å². The Labute approximate surface area is 129 Å². The summed E-state index contributed by atoms with van der Waals surface area (Å²) in [5, 5.41) is 13.0. The number of anilines is 4. The third-order valence-electron chi connectivity index (χ3n) is 2.89. The molecular formula is C15H10F3N5. The monoisotopic (exact) mass is 317 g/mol. The number of nitrogens with one attached hydrogen (secondary N) is 2. The summed E-state index contributed by atoms with van der Waals surface area (Å²) in [6.45, 7) is 0. The molecule has 8 heteroatoms. The quantitative estimate of drug-likeness (QED) is 0.717. The van der Waals surface area contributed by atoms with Crippen molar-refractivity contribution in [3.05, 3.63) is 66.1 Å². The van der Waals surface area contributed by atoms with Crippen LogP contribution >= 0.6 is 0 Å². The Morgan fingerprint density at radius 1 is 0.826 bits per heavy atom. The van der Waals surface area contributed by atoms with Gasteiger partial charge in [0.05, 0.1) is 11.9 Å². The molecule has 0 bridgehead atoms. The summed E-state index contributed by atoms with van der Waals surface area (Å²) in [6.07, 6.45) is 1.23. The Kier molecular flexibility index (Phi) is 4.05. The number of hydrogen-bond acceptors (Lipinski definition) is 5. The van der Waals surface area contributed by atoms with Gasteiger partial charge in [0.1, 0.15) is 0 Å². The van der Waals surface area contributed by atoms with Gasteiger partial charge in [-0.05, 0) is 24.3 Å². The molecule has 0 spiro atoms. The highest BCUT2D eigenvalue weighted by atomic mass is 19.2. The molecule has 0 aliphatic rings. The van der Waals surface area contributed by atoms with Crippen LogP contribution in [0.3, 0.4) is 0 Å². The minimum absolute atomic E-state index is 0.128. The molecule has 0 aliphatic heterocycles. The van der Waals surface area contributed by atoms with Crippen LogP contribution in [0.2, 0.25) is 0 Å². The van der Waals surface area contributed by atoms with Crippen molar-refractivity contribution < 1.29 is 13.2 Å². The first-order chi connectivity index (χ1) is 11.1. The van der Waals surface area contributed by atoms with E-state index in [9.17, 15) is 13.2 Å². The van der Waals surface area contributed by atoms with Crippen LogP contribution in [0.4, 0.5) is 36.3 Å². The zero-order valence-electron chi connectivity index (χ0n) is 11.6. The Balaban J connectivity index is 1.82. The van der Waals surface area contributed by atoms with Crippen molar-refractivity contribution in [2.75, 3.05) is 10.6 Å². The van der Waals surface area contributed by atoms with E-state index in [0.29, 0.717) is 0 Å². The summed E-state index contributed by atoms with van der Waals surface area (Å²) in [5.74, 6) is -3.85. The van der Waals surface area contributed by atoms with Crippen molar-refractivity contribution in [2.24, 2.45) is 0 Å². The molecule has 5 nitrogen and oxygen atoms in total. The molecule has 2 aromatic carbocycles. The molecule has 0 saturated heterocycles. The third-order valence-corrected chi connectivity index (χ3v) is 2.89. The molecule has 3 aromatic rings. The summed E-state index contributed by atoms with van der Waals surface area (Å²) < 4.78 is 39.8. The zero-order chi connectivity index (χ0) is 16.2. The summed E-state index contributed by atoms with van der Waals surface area (Å²) in [4.78, 5) is 4.08. The lowest BCUT2D eigenvalue weighted by molar-refractivity contribution is 0.449. The Bertz CT molecular complexity index is 827. The number of rotatable bonds is 4. The van der Waals surface area contributed by atoms with Gasteiger partial charge in [0, 0.05) is 5.69 Å². The second-order valence-electron chi connectivity index (χ2n) is 4.50. The van der Waals surface area contributed by atoms with E-state index in [0.717, 1.165) is 17.8 Å². The molecule has 1 aromatic heterocycles. The summed E-state index contributed by atoms with van der Waals surface area (Å²) >= 11 is 0. The van der Waals surface area contributed by atoms with Crippen LogP contribution in [0.15, 0.2) is 48.7 Å². The summed E-state index contributed by atoms with van der Waals surface area (Å²) in [5.41, 5.74) is 0.487. The van der Waals surface area contributed by atoms with Crippen LogP contribution < -0.4 is 10.6 Å². The largest absolute Gasteiger partial charge is 0.336 e. The van der Waals surface area contributed by atoms with Crippen molar-refractivity contribution in [3.8, 4) is 0 Å². The molecule has 3 rings (SSSR count). The molecule has 0 atom stereocenters. The Morgan fingerprint density at radius 3 is 2.39 bits per heavy atom. The van der Waals surface area contributed by atoms with E-state index in [2.05, 4.69) is 25.8 Å². The zero-order valence-corrected chi connectivity index (χ0v) is 11.6. The molecular weight excluding hydrogens is 307 g/mol. The number of hydrogen-bond donors (Lipinski definition) is 2. The second kappa shape index (κ2) is 6.30. The lowest BCUT2D eigenvalue weighted by atomic mass is 10.3. The molecule has 0 saturated carbocycles. The molecule has 0 aliphatic carbocycles. The topological polar surface area (TPSA) is 62.7 Å². The average Bonchev–Trinajstić information content (AvgIpc) is 2.57. The van der Waals surface area contributed by atoms with E-state index < -0.39 is 17.5 Å². The first-order valence-electron chi connectivity index (χ1n) is 6.56. The van der Waals surface area contributed by atoms with Crippen LogP contribution in [0.5, 0.6) is 0 Å². The third kappa shape index (κ3) is 3.37. The van der Waals surface area contributed by atoms with Gasteiger partial charge >= 0.3 is 0 Å². The Morgan fingerprint density at radius 2 is 1.61 bits per heavy atom. The van der Waals surface area contributed by atoms with Crippen molar-refractivity contribution in [1.29, 1.82) is 0 Å². The van der Waals surface area contributed by atoms with E-state index in [4.69, 9.17) is 0 Å². The van der Waals surface area contributed by atoms with E-state index in [1.54, 1.807) is 12.1 Å². The summed E-state index contributed by atoms with van der Waals surface area (Å²) in [7, 11) is 0. The smallest absolute Gasteiger partial charge is 0.249 e. The minimum Gasteiger partial charge on any atom is -0.336 e. The number of nitrogens with zero attached hydrogens (tertiary/aromatic N) is 3. The number of halogens is 3. The fourth-order valence-electron chi connectivity index (χ4n) is 1.83. The molecule has 0 radical (unpaired) electrons. The van der Waals surface area contributed by atoms with E-state index in [1.165, 1.54) is 6.20 Å². The number of benzene rings is 2. The van der Waals surface area contributed by atoms with Gasteiger partial charge in [0.25, 0.3) is 0 Å². The van der Waals surface area contributed by atoms with Crippen molar-refractivity contribution in [1.82, 2.24) is 15.2 Å². The second-order valence-corrected chi connectivity index (χ2v) is 4.50. The molecule has 2 N–H and O–H groups in total. The van der Waals surface area contributed by atoms with E-state index in [-0.39, 0.29) is 17.5 Å². The van der Waals surface area contributed by atoms with E-state index in [1.807, 2.05) is 18.2 Å². The first-order valence-corrected chi connectivity index (χ1v) is 6.56. The van der Waals surface area contributed by atoms with Gasteiger partial charge in [-0.1, -0.05) is 18.2 Å². The average molecular weight is 317 g/mol. The van der Waals surface area contributed by atoms with Crippen LogP contribution in [0, 0.1) is 17.5 Å². The van der Waals surface area contributed by atoms with Crippen molar-refractivity contribution in [3.63, 3.8) is 0 Å². The van der Waals surface area contributed by atoms with Crippen molar-refractivity contribution >= 4 is 23.1 Å². The van der Waals surface area contributed by atoms with Gasteiger partial charge in [0.15, 0.2) is 23.3 Å². The maximum absolute atomic E-state index is 13.6. The lowest BCUT2D eigenvalue weighted by Gasteiger charge is -2.09. The maximum atomic E-state index is 13.6. The fourth-order valence-corrected chi connectivity index (χ4v) is 1.83. The molecule has 0 unspecified atom stereocenters. The highest BCUT2D eigenvalue weighted by molar-refractivity contribution is 5.59. The highest BCUT2D eigenvalue weighted by Gasteiger charge is 2.14. The van der Waals surface area contributed by atoms with Crippen molar-refractivity contribution in [2.45, 2.75) is 0 Å². The predicted octanol–water partition coefficient (Wildman–Crippen LogP) is 3.78. The molecule has 0 fully saturated rings. The van der Waals surface area contributed by atoms with Crippen LogP contribution in [-0.2, 0) is 0 Å². The fraction of sp³-hybridized carbons (Fsp3) is 0. The SMILES string of the molecule is Fc1ccc(Nc2cnnc(Nc3ccccc3)n2)c(F)c1F. The minimum atomic E-state index is -1.56. The molecule has 23 heavy (non-hydrogen) atoms. The van der Waals surface area contributed by atoms with Gasteiger partial charge in [-0.2, -0.15) is 10.1 Å². The predicted molar refractivity (Wildman–Crippen MR) is 79.2 cm³/mol. The maximum Gasteiger partial charge on any atom is 0.249 e.